The zero-order valence-corrected chi connectivity index (χ0v) is 14.2. The van der Waals surface area contributed by atoms with Crippen LogP contribution in [0, 0.1) is 0 Å². The number of carbonyl (C=O) groups is 1. The van der Waals surface area contributed by atoms with Crippen LogP contribution in [0.1, 0.15) is 11.1 Å². The molecule has 1 aliphatic heterocycles. The van der Waals surface area contributed by atoms with Crippen LogP contribution in [-0.4, -0.2) is 16.9 Å². The first-order valence-corrected chi connectivity index (χ1v) is 8.05. The molecule has 1 aromatic carbocycles. The molecule has 0 N–H and O–H groups in total. The fraction of sp³-hybridized carbons (Fsp3) is 0. The van der Waals surface area contributed by atoms with E-state index in [0.29, 0.717) is 16.5 Å². The van der Waals surface area contributed by atoms with Crippen LogP contribution in [0.4, 0.5) is 0 Å². The Kier molecular flexibility index (Phi) is 3.77. The number of carbonyl (C=O) groups excluding carboxylic acids is 1. The number of aliphatic imine (C=N–C) groups is 1. The van der Waals surface area contributed by atoms with Crippen molar-refractivity contribution in [1.29, 1.82) is 0 Å². The molecule has 6 nitrogen and oxygen atoms in total. The first-order chi connectivity index (χ1) is 12.1. The number of esters is 1. The highest BCUT2D eigenvalue weighted by Gasteiger charge is 2.25. The third-order valence-electron chi connectivity index (χ3n) is 3.57. The molecule has 4 rings (SSSR count). The standard InChI is InChI=1S/C18H9BrN2O4/c19-12-5-10(7-20-8-12)17-21-14(18(23)25-17)6-11-9-24-15-4-2-1-3-13(15)16(11)22/h1-9H/b14-6-. The number of halogens is 1. The SMILES string of the molecule is O=C1OC(c2cncc(Br)c2)=N/C1=C\c1coc2ccccc2c1=O. The van der Waals surface area contributed by atoms with E-state index in [9.17, 15) is 9.59 Å². The Morgan fingerprint density at radius 2 is 1.96 bits per heavy atom. The molecule has 25 heavy (non-hydrogen) atoms. The van der Waals surface area contributed by atoms with E-state index < -0.39 is 5.97 Å². The fourth-order valence-corrected chi connectivity index (χ4v) is 2.77. The van der Waals surface area contributed by atoms with Crippen molar-refractivity contribution in [3.8, 4) is 0 Å². The Labute approximate surface area is 149 Å². The molecule has 0 saturated heterocycles. The lowest BCUT2D eigenvalue weighted by molar-refractivity contribution is -0.129. The predicted molar refractivity (Wildman–Crippen MR) is 95.0 cm³/mol. The summed E-state index contributed by atoms with van der Waals surface area (Å²) in [6, 6.07) is 8.62. The van der Waals surface area contributed by atoms with Crippen molar-refractivity contribution in [1.82, 2.24) is 4.98 Å². The van der Waals surface area contributed by atoms with Gasteiger partial charge in [-0.1, -0.05) is 12.1 Å². The number of benzene rings is 1. The van der Waals surface area contributed by atoms with Gasteiger partial charge < -0.3 is 9.15 Å². The normalized spacial score (nSPS) is 15.5. The molecule has 3 heterocycles. The number of ether oxygens (including phenoxy) is 1. The third kappa shape index (κ3) is 2.89. The lowest BCUT2D eigenvalue weighted by atomic mass is 10.1. The summed E-state index contributed by atoms with van der Waals surface area (Å²) in [6.07, 6.45) is 5.81. The summed E-state index contributed by atoms with van der Waals surface area (Å²) < 4.78 is 11.3. The molecule has 0 radical (unpaired) electrons. The van der Waals surface area contributed by atoms with E-state index in [1.165, 1.54) is 18.5 Å². The molecule has 0 saturated carbocycles. The molecular formula is C18H9BrN2O4. The summed E-state index contributed by atoms with van der Waals surface area (Å²) in [7, 11) is 0. The summed E-state index contributed by atoms with van der Waals surface area (Å²) >= 11 is 3.30. The van der Waals surface area contributed by atoms with Gasteiger partial charge in [0.2, 0.25) is 5.90 Å². The summed E-state index contributed by atoms with van der Waals surface area (Å²) in [5.74, 6) is -0.502. The van der Waals surface area contributed by atoms with E-state index in [2.05, 4.69) is 25.9 Å². The Balaban J connectivity index is 1.78. The van der Waals surface area contributed by atoms with Crippen LogP contribution in [0.25, 0.3) is 17.0 Å². The molecule has 0 atom stereocenters. The second kappa shape index (κ2) is 6.10. The van der Waals surface area contributed by atoms with Gasteiger partial charge in [0, 0.05) is 16.9 Å². The number of cyclic esters (lactones) is 1. The highest BCUT2D eigenvalue weighted by molar-refractivity contribution is 9.10. The molecule has 0 fully saturated rings. The third-order valence-corrected chi connectivity index (χ3v) is 4.00. The summed E-state index contributed by atoms with van der Waals surface area (Å²) in [6.45, 7) is 0. The number of pyridine rings is 1. The van der Waals surface area contributed by atoms with Crippen LogP contribution in [0.3, 0.4) is 0 Å². The minimum Gasteiger partial charge on any atom is -0.463 e. The zero-order chi connectivity index (χ0) is 17.4. The second-order valence-corrected chi connectivity index (χ2v) is 6.16. The Bertz CT molecular complexity index is 1130. The van der Waals surface area contributed by atoms with Crippen LogP contribution in [0.5, 0.6) is 0 Å². The Morgan fingerprint density at radius 1 is 1.12 bits per heavy atom. The van der Waals surface area contributed by atoms with E-state index >= 15 is 0 Å². The number of nitrogens with zero attached hydrogens (tertiary/aromatic N) is 2. The van der Waals surface area contributed by atoms with Crippen molar-refractivity contribution in [2.24, 2.45) is 4.99 Å². The van der Waals surface area contributed by atoms with Gasteiger partial charge in [0.05, 0.1) is 16.5 Å². The average Bonchev–Trinajstić information content (AvgIpc) is 2.98. The maximum Gasteiger partial charge on any atom is 0.363 e. The lowest BCUT2D eigenvalue weighted by Crippen LogP contribution is -2.07. The van der Waals surface area contributed by atoms with Gasteiger partial charge in [0.25, 0.3) is 0 Å². The number of aromatic nitrogens is 1. The van der Waals surface area contributed by atoms with Gasteiger partial charge in [-0.15, -0.1) is 0 Å². The quantitative estimate of drug-likeness (QED) is 0.490. The van der Waals surface area contributed by atoms with Crippen LogP contribution in [0.15, 0.2) is 73.4 Å². The Morgan fingerprint density at radius 3 is 2.80 bits per heavy atom. The minimum atomic E-state index is -0.637. The van der Waals surface area contributed by atoms with Crippen LogP contribution >= 0.6 is 15.9 Å². The minimum absolute atomic E-state index is 0.0255. The molecule has 3 aromatic rings. The van der Waals surface area contributed by atoms with Gasteiger partial charge in [-0.05, 0) is 40.2 Å². The van der Waals surface area contributed by atoms with Crippen molar-refractivity contribution < 1.29 is 13.9 Å². The predicted octanol–water partition coefficient (Wildman–Crippen LogP) is 3.30. The summed E-state index contributed by atoms with van der Waals surface area (Å²) in [5, 5.41) is 0.434. The molecule has 122 valence electrons. The van der Waals surface area contributed by atoms with Crippen molar-refractivity contribution in [2.75, 3.05) is 0 Å². The first kappa shape index (κ1) is 15.5. The van der Waals surface area contributed by atoms with E-state index in [-0.39, 0.29) is 22.6 Å². The fourth-order valence-electron chi connectivity index (χ4n) is 2.40. The highest BCUT2D eigenvalue weighted by Crippen LogP contribution is 2.20. The van der Waals surface area contributed by atoms with Gasteiger partial charge in [0.1, 0.15) is 11.8 Å². The van der Waals surface area contributed by atoms with Gasteiger partial charge in [-0.2, -0.15) is 0 Å². The second-order valence-electron chi connectivity index (χ2n) is 5.24. The molecule has 0 unspecified atom stereocenters. The first-order valence-electron chi connectivity index (χ1n) is 7.26. The topological polar surface area (TPSA) is 81.8 Å². The monoisotopic (exact) mass is 396 g/mol. The molecule has 0 bridgehead atoms. The average molecular weight is 397 g/mol. The van der Waals surface area contributed by atoms with Gasteiger partial charge in [-0.3, -0.25) is 9.78 Å². The Hall–Kier alpha value is -3.06. The van der Waals surface area contributed by atoms with E-state index in [4.69, 9.17) is 9.15 Å². The molecule has 1 aliphatic rings. The molecule has 0 aliphatic carbocycles. The molecule has 2 aromatic heterocycles. The number of fused-ring (bicyclic) bond motifs is 1. The van der Waals surface area contributed by atoms with Crippen LogP contribution in [0.2, 0.25) is 0 Å². The zero-order valence-electron chi connectivity index (χ0n) is 12.6. The van der Waals surface area contributed by atoms with Crippen molar-refractivity contribution in [2.45, 2.75) is 0 Å². The number of hydrogen-bond acceptors (Lipinski definition) is 6. The van der Waals surface area contributed by atoms with E-state index in [0.717, 1.165) is 4.47 Å². The number of para-hydroxylation sites is 1. The smallest absolute Gasteiger partial charge is 0.363 e. The van der Waals surface area contributed by atoms with E-state index in [1.807, 2.05) is 0 Å². The van der Waals surface area contributed by atoms with Gasteiger partial charge in [-0.25, -0.2) is 9.79 Å². The van der Waals surface area contributed by atoms with Gasteiger partial charge in [0.15, 0.2) is 11.1 Å². The number of hydrogen-bond donors (Lipinski definition) is 0. The molecular weight excluding hydrogens is 388 g/mol. The summed E-state index contributed by atoms with van der Waals surface area (Å²) in [5.41, 5.74) is 1.04. The highest BCUT2D eigenvalue weighted by atomic mass is 79.9. The largest absolute Gasteiger partial charge is 0.463 e. The van der Waals surface area contributed by atoms with E-state index in [1.54, 1.807) is 36.5 Å². The molecule has 0 spiro atoms. The summed E-state index contributed by atoms with van der Waals surface area (Å²) in [4.78, 5) is 32.7. The lowest BCUT2D eigenvalue weighted by Gasteiger charge is -1.98. The maximum atomic E-state index is 12.5. The molecule has 0 amide bonds. The van der Waals surface area contributed by atoms with Gasteiger partial charge >= 0.3 is 5.97 Å². The maximum absolute atomic E-state index is 12.5. The van der Waals surface area contributed by atoms with Crippen molar-refractivity contribution in [3.05, 3.63) is 80.5 Å². The number of rotatable bonds is 2. The molecule has 7 heteroatoms. The van der Waals surface area contributed by atoms with Crippen LogP contribution in [-0.2, 0) is 9.53 Å². The van der Waals surface area contributed by atoms with Crippen molar-refractivity contribution in [3.63, 3.8) is 0 Å². The van der Waals surface area contributed by atoms with Crippen LogP contribution < -0.4 is 5.43 Å². The van der Waals surface area contributed by atoms with Crippen molar-refractivity contribution >= 4 is 44.8 Å².